The summed E-state index contributed by atoms with van der Waals surface area (Å²) in [5, 5.41) is 19.2. The summed E-state index contributed by atoms with van der Waals surface area (Å²) in [6.45, 7) is 0. The van der Waals surface area contributed by atoms with Gasteiger partial charge in [-0.2, -0.15) is 21.6 Å². The molecule has 12 heteroatoms. The van der Waals surface area contributed by atoms with Crippen LogP contribution in [0.5, 0.6) is 0 Å². The Morgan fingerprint density at radius 1 is 1.30 bits per heavy atom. The van der Waals surface area contributed by atoms with Gasteiger partial charge in [-0.25, -0.2) is 8.98 Å². The number of hydrogen-bond acceptors (Lipinski definition) is 6. The molecule has 0 heterocycles. The lowest BCUT2D eigenvalue weighted by Gasteiger charge is -2.14. The highest BCUT2D eigenvalue weighted by molar-refractivity contribution is 7.87. The molecule has 0 bridgehead atoms. The number of benzene rings is 1. The van der Waals surface area contributed by atoms with Crippen LogP contribution in [-0.2, 0) is 25.5 Å². The first-order valence-corrected chi connectivity index (χ1v) is 7.30. The van der Waals surface area contributed by atoms with E-state index in [9.17, 15) is 36.5 Å². The maximum absolute atomic E-state index is 12.2. The van der Waals surface area contributed by atoms with Crippen molar-refractivity contribution in [3.8, 4) is 0 Å². The Labute approximate surface area is 127 Å². The minimum Gasteiger partial charge on any atom is -0.479 e. The van der Waals surface area contributed by atoms with E-state index in [0.717, 1.165) is 12.1 Å². The van der Waals surface area contributed by atoms with Gasteiger partial charge in [0.1, 0.15) is 0 Å². The fourth-order valence-corrected chi connectivity index (χ4v) is 2.10. The largest absolute Gasteiger partial charge is 0.523 e. The summed E-state index contributed by atoms with van der Waals surface area (Å²) in [6.07, 6.45) is -2.94. The maximum atomic E-state index is 12.2. The van der Waals surface area contributed by atoms with Crippen LogP contribution < -0.4 is 0 Å². The number of halogens is 3. The SMILES string of the molecule is O=C(O)[C@@H](CCc1ccc([N+](=O)[O-])cc1)OS(=O)(=O)C(F)(F)F. The number of alkyl halides is 3. The van der Waals surface area contributed by atoms with E-state index in [4.69, 9.17) is 5.11 Å². The molecule has 0 saturated carbocycles. The van der Waals surface area contributed by atoms with Gasteiger partial charge in [0, 0.05) is 12.1 Å². The van der Waals surface area contributed by atoms with Crippen molar-refractivity contribution in [1.82, 2.24) is 0 Å². The van der Waals surface area contributed by atoms with Gasteiger partial charge in [0.25, 0.3) is 5.69 Å². The molecule has 0 aliphatic heterocycles. The smallest absolute Gasteiger partial charge is 0.479 e. The number of nitro benzene ring substituents is 1. The summed E-state index contributed by atoms with van der Waals surface area (Å²) < 4.78 is 61.8. The van der Waals surface area contributed by atoms with Crippen LogP contribution in [0.15, 0.2) is 24.3 Å². The number of carbonyl (C=O) groups is 1. The third-order valence-corrected chi connectivity index (χ3v) is 3.70. The molecular formula is C11H10F3NO7S. The molecular weight excluding hydrogens is 347 g/mol. The fraction of sp³-hybridized carbons (Fsp3) is 0.364. The van der Waals surface area contributed by atoms with Gasteiger partial charge >= 0.3 is 21.6 Å². The third-order valence-electron chi connectivity index (χ3n) is 2.64. The van der Waals surface area contributed by atoms with Crippen LogP contribution in [0.3, 0.4) is 0 Å². The Balaban J connectivity index is 2.78. The van der Waals surface area contributed by atoms with E-state index in [-0.39, 0.29) is 12.1 Å². The monoisotopic (exact) mass is 357 g/mol. The van der Waals surface area contributed by atoms with Crippen LogP contribution in [-0.4, -0.2) is 36.0 Å². The molecule has 0 unspecified atom stereocenters. The number of carboxylic acid groups (broad SMARTS) is 1. The number of aryl methyl sites for hydroxylation is 1. The van der Waals surface area contributed by atoms with Crippen molar-refractivity contribution >= 4 is 21.8 Å². The molecule has 1 aromatic rings. The minimum atomic E-state index is -6.03. The Morgan fingerprint density at radius 3 is 2.22 bits per heavy atom. The fourth-order valence-electron chi connectivity index (χ4n) is 1.50. The van der Waals surface area contributed by atoms with Gasteiger partial charge in [-0.1, -0.05) is 12.1 Å². The molecule has 0 amide bonds. The van der Waals surface area contributed by atoms with Gasteiger partial charge < -0.3 is 5.11 Å². The first-order chi connectivity index (χ1) is 10.4. The standard InChI is InChI=1S/C11H10F3NO7S/c12-11(13,14)23(20,21)22-9(10(16)17)6-3-7-1-4-8(5-2-7)15(18)19/h1-2,4-5,9H,3,6H2,(H,16,17)/t9-/m1/s1. The zero-order chi connectivity index (χ0) is 17.8. The molecule has 0 saturated heterocycles. The van der Waals surface area contributed by atoms with Crippen LogP contribution >= 0.6 is 0 Å². The van der Waals surface area contributed by atoms with Gasteiger partial charge in [0.2, 0.25) is 0 Å². The number of non-ortho nitro benzene ring substituents is 1. The molecule has 0 aliphatic rings. The number of aliphatic carboxylic acids is 1. The van der Waals surface area contributed by atoms with Gasteiger partial charge in [0.05, 0.1) is 4.92 Å². The predicted molar refractivity (Wildman–Crippen MR) is 68.9 cm³/mol. The van der Waals surface area contributed by atoms with Crippen molar-refractivity contribution in [3.05, 3.63) is 39.9 Å². The van der Waals surface area contributed by atoms with Crippen LogP contribution in [0, 0.1) is 10.1 Å². The molecule has 1 N–H and O–H groups in total. The average Bonchev–Trinajstić information content (AvgIpc) is 2.42. The predicted octanol–water partition coefficient (Wildman–Crippen LogP) is 1.85. The zero-order valence-corrected chi connectivity index (χ0v) is 12.0. The molecule has 0 radical (unpaired) electrons. The second-order valence-electron chi connectivity index (χ2n) is 4.29. The average molecular weight is 357 g/mol. The van der Waals surface area contributed by atoms with E-state index in [1.165, 1.54) is 12.1 Å². The summed E-state index contributed by atoms with van der Waals surface area (Å²) in [5.74, 6) is -1.88. The molecule has 1 atom stereocenters. The van der Waals surface area contributed by atoms with Crippen molar-refractivity contribution in [2.24, 2.45) is 0 Å². The Bertz CT molecular complexity index is 685. The molecule has 1 rings (SSSR count). The van der Waals surface area contributed by atoms with Gasteiger partial charge in [-0.05, 0) is 18.4 Å². The minimum absolute atomic E-state index is 0.150. The lowest BCUT2D eigenvalue weighted by molar-refractivity contribution is -0.384. The molecule has 0 aromatic heterocycles. The van der Waals surface area contributed by atoms with Crippen molar-refractivity contribution in [2.75, 3.05) is 0 Å². The van der Waals surface area contributed by atoms with Gasteiger partial charge in [0.15, 0.2) is 6.10 Å². The highest BCUT2D eigenvalue weighted by Gasteiger charge is 2.49. The van der Waals surface area contributed by atoms with Crippen LogP contribution in [0.2, 0.25) is 0 Å². The second kappa shape index (κ2) is 6.91. The molecule has 0 fully saturated rings. The summed E-state index contributed by atoms with van der Waals surface area (Å²) in [7, 11) is -6.03. The highest BCUT2D eigenvalue weighted by atomic mass is 32.2. The third kappa shape index (κ3) is 5.17. The van der Waals surface area contributed by atoms with Crippen LogP contribution in [0.1, 0.15) is 12.0 Å². The van der Waals surface area contributed by atoms with Gasteiger partial charge in [-0.15, -0.1) is 0 Å². The second-order valence-corrected chi connectivity index (χ2v) is 5.85. The molecule has 0 aliphatic carbocycles. The Hall–Kier alpha value is -2.21. The first-order valence-electron chi connectivity index (χ1n) is 5.90. The molecule has 8 nitrogen and oxygen atoms in total. The van der Waals surface area contributed by atoms with E-state index in [0.29, 0.717) is 5.56 Å². The highest BCUT2D eigenvalue weighted by Crippen LogP contribution is 2.26. The van der Waals surface area contributed by atoms with Crippen LogP contribution in [0.4, 0.5) is 18.9 Å². The van der Waals surface area contributed by atoms with E-state index in [1.54, 1.807) is 0 Å². The molecule has 23 heavy (non-hydrogen) atoms. The summed E-state index contributed by atoms with van der Waals surface area (Å²) >= 11 is 0. The molecule has 128 valence electrons. The lowest BCUT2D eigenvalue weighted by atomic mass is 10.1. The topological polar surface area (TPSA) is 124 Å². The van der Waals surface area contributed by atoms with Gasteiger partial charge in [-0.3, -0.25) is 10.1 Å². The molecule has 1 aromatic carbocycles. The summed E-state index contributed by atoms with van der Waals surface area (Å²) in [5.41, 5.74) is -5.58. The first kappa shape index (κ1) is 18.8. The Kier molecular flexibility index (Phi) is 5.66. The van der Waals surface area contributed by atoms with Crippen molar-refractivity contribution < 1.29 is 40.6 Å². The summed E-state index contributed by atoms with van der Waals surface area (Å²) in [6, 6.07) is 4.79. The van der Waals surface area contributed by atoms with E-state index in [2.05, 4.69) is 4.18 Å². The number of rotatable bonds is 7. The zero-order valence-electron chi connectivity index (χ0n) is 11.2. The van der Waals surface area contributed by atoms with E-state index < -0.39 is 39.0 Å². The van der Waals surface area contributed by atoms with Crippen molar-refractivity contribution in [2.45, 2.75) is 24.5 Å². The van der Waals surface area contributed by atoms with E-state index in [1.807, 2.05) is 0 Å². The molecule has 0 spiro atoms. The Morgan fingerprint density at radius 2 is 1.83 bits per heavy atom. The van der Waals surface area contributed by atoms with E-state index >= 15 is 0 Å². The number of nitrogens with zero attached hydrogens (tertiary/aromatic N) is 1. The van der Waals surface area contributed by atoms with Crippen molar-refractivity contribution in [1.29, 1.82) is 0 Å². The summed E-state index contributed by atoms with van der Waals surface area (Å²) in [4.78, 5) is 20.6. The number of nitro groups is 1. The van der Waals surface area contributed by atoms with Crippen LogP contribution in [0.25, 0.3) is 0 Å². The maximum Gasteiger partial charge on any atom is 0.523 e. The normalized spacial score (nSPS) is 13.5. The van der Waals surface area contributed by atoms with Crippen molar-refractivity contribution in [3.63, 3.8) is 0 Å². The number of carboxylic acids is 1. The lowest BCUT2D eigenvalue weighted by Crippen LogP contribution is -2.34. The number of hydrogen-bond donors (Lipinski definition) is 1. The quantitative estimate of drug-likeness (QED) is 0.342.